The molecule has 0 fully saturated rings. The second-order valence-electron chi connectivity index (χ2n) is 4.14. The van der Waals surface area contributed by atoms with Gasteiger partial charge in [-0.2, -0.15) is 0 Å². The molecule has 0 bridgehead atoms. The summed E-state index contributed by atoms with van der Waals surface area (Å²) in [5.74, 6) is -0.901. The highest BCUT2D eigenvalue weighted by Gasteiger charge is 2.20. The zero-order valence-corrected chi connectivity index (χ0v) is 11.2. The lowest BCUT2D eigenvalue weighted by Gasteiger charge is -2.19. The first-order chi connectivity index (χ1) is 8.54. The molecular weight excluding hydrogens is 250 g/mol. The summed E-state index contributed by atoms with van der Waals surface area (Å²) >= 11 is 1.59. The number of hydrogen-bond donors (Lipinski definition) is 3. The number of amides is 2. The van der Waals surface area contributed by atoms with E-state index in [9.17, 15) is 9.59 Å². The third kappa shape index (κ3) is 4.46. The minimum Gasteiger partial charge on any atom is -0.370 e. The molecule has 0 aliphatic rings. The number of primary amides is 1. The zero-order valence-electron chi connectivity index (χ0n) is 10.4. The van der Waals surface area contributed by atoms with Crippen molar-refractivity contribution in [3.8, 4) is 0 Å². The molecule has 100 valence electrons. The molecule has 5 N–H and O–H groups in total. The molecule has 0 saturated heterocycles. The molecule has 0 saturated carbocycles. The lowest BCUT2D eigenvalue weighted by molar-refractivity contribution is -0.126. The van der Waals surface area contributed by atoms with Gasteiger partial charge in [-0.3, -0.25) is 9.59 Å². The maximum atomic E-state index is 11.8. The Morgan fingerprint density at radius 1 is 1.50 bits per heavy atom. The fourth-order valence-electron chi connectivity index (χ4n) is 1.65. The molecule has 6 heteroatoms. The molecule has 1 aromatic rings. The van der Waals surface area contributed by atoms with Gasteiger partial charge in [-0.1, -0.05) is 19.4 Å². The molecule has 1 aromatic heterocycles. The Morgan fingerprint density at radius 3 is 2.72 bits per heavy atom. The summed E-state index contributed by atoms with van der Waals surface area (Å²) in [5, 5.41) is 4.83. The number of nitrogens with two attached hydrogens (primary N) is 2. The molecule has 0 radical (unpaired) electrons. The Hall–Kier alpha value is -1.40. The number of thiophene rings is 1. The van der Waals surface area contributed by atoms with E-state index in [2.05, 4.69) is 12.2 Å². The topological polar surface area (TPSA) is 98.2 Å². The van der Waals surface area contributed by atoms with Crippen molar-refractivity contribution >= 4 is 23.2 Å². The Kier molecular flexibility index (Phi) is 5.80. The maximum Gasteiger partial charge on any atom is 0.237 e. The van der Waals surface area contributed by atoms with Gasteiger partial charge in [0.2, 0.25) is 11.8 Å². The summed E-state index contributed by atoms with van der Waals surface area (Å²) in [6.45, 7) is 2.05. The minimum atomic E-state index is -0.873. The van der Waals surface area contributed by atoms with Gasteiger partial charge >= 0.3 is 0 Å². The predicted molar refractivity (Wildman–Crippen MR) is 71.9 cm³/mol. The highest BCUT2D eigenvalue weighted by molar-refractivity contribution is 7.10. The normalized spacial score (nSPS) is 13.9. The van der Waals surface area contributed by atoms with Crippen molar-refractivity contribution < 1.29 is 9.59 Å². The highest BCUT2D eigenvalue weighted by Crippen LogP contribution is 2.23. The van der Waals surface area contributed by atoms with Gasteiger partial charge in [0, 0.05) is 4.88 Å². The van der Waals surface area contributed by atoms with Crippen LogP contribution in [0.15, 0.2) is 17.5 Å². The Balaban J connectivity index is 2.61. The van der Waals surface area contributed by atoms with Gasteiger partial charge in [0.05, 0.1) is 18.5 Å². The van der Waals surface area contributed by atoms with E-state index >= 15 is 0 Å². The van der Waals surface area contributed by atoms with E-state index in [4.69, 9.17) is 11.5 Å². The number of hydrogen-bond acceptors (Lipinski definition) is 4. The highest BCUT2D eigenvalue weighted by atomic mass is 32.1. The monoisotopic (exact) mass is 269 g/mol. The molecule has 1 rings (SSSR count). The minimum absolute atomic E-state index is 0.0403. The van der Waals surface area contributed by atoms with Gasteiger partial charge in [0.25, 0.3) is 0 Å². The Labute approximate surface area is 111 Å². The number of nitrogens with one attached hydrogen (secondary N) is 1. The second kappa shape index (κ2) is 7.13. The van der Waals surface area contributed by atoms with E-state index in [1.165, 1.54) is 0 Å². The van der Waals surface area contributed by atoms with Gasteiger partial charge in [-0.25, -0.2) is 0 Å². The summed E-state index contributed by atoms with van der Waals surface area (Å²) in [6, 6.07) is 3.01. The van der Waals surface area contributed by atoms with E-state index in [0.29, 0.717) is 0 Å². The fourth-order valence-corrected chi connectivity index (χ4v) is 2.46. The van der Waals surface area contributed by atoms with Crippen molar-refractivity contribution in [3.05, 3.63) is 22.4 Å². The third-order valence-corrected chi connectivity index (χ3v) is 3.52. The SMILES string of the molecule is CCCC(NC(=O)C(N)CC(N)=O)c1cccs1. The summed E-state index contributed by atoms with van der Waals surface area (Å²) in [4.78, 5) is 23.6. The maximum absolute atomic E-state index is 11.8. The van der Waals surface area contributed by atoms with E-state index in [0.717, 1.165) is 17.7 Å². The van der Waals surface area contributed by atoms with Crippen LogP contribution in [0.3, 0.4) is 0 Å². The van der Waals surface area contributed by atoms with Crippen LogP contribution < -0.4 is 16.8 Å². The van der Waals surface area contributed by atoms with Crippen LogP contribution in [0.1, 0.15) is 37.1 Å². The van der Waals surface area contributed by atoms with Crippen LogP contribution in [0.25, 0.3) is 0 Å². The van der Waals surface area contributed by atoms with Crippen LogP contribution in [-0.4, -0.2) is 17.9 Å². The summed E-state index contributed by atoms with van der Waals surface area (Å²) in [6.07, 6.45) is 1.67. The van der Waals surface area contributed by atoms with Crippen molar-refractivity contribution in [1.82, 2.24) is 5.32 Å². The quantitative estimate of drug-likeness (QED) is 0.686. The van der Waals surface area contributed by atoms with E-state index in [-0.39, 0.29) is 18.4 Å². The average Bonchev–Trinajstić information content (AvgIpc) is 2.80. The van der Waals surface area contributed by atoms with Crippen molar-refractivity contribution in [2.45, 2.75) is 38.3 Å². The smallest absolute Gasteiger partial charge is 0.237 e. The first-order valence-corrected chi connectivity index (χ1v) is 6.80. The number of rotatable bonds is 7. The first kappa shape index (κ1) is 14.7. The summed E-state index contributed by atoms with van der Waals surface area (Å²) in [7, 11) is 0. The van der Waals surface area contributed by atoms with Crippen molar-refractivity contribution in [1.29, 1.82) is 0 Å². The third-order valence-electron chi connectivity index (χ3n) is 2.54. The van der Waals surface area contributed by atoms with Crippen LogP contribution in [0.2, 0.25) is 0 Å². The molecule has 1 heterocycles. The van der Waals surface area contributed by atoms with Crippen LogP contribution >= 0.6 is 11.3 Å². The van der Waals surface area contributed by atoms with E-state index in [1.807, 2.05) is 17.5 Å². The largest absolute Gasteiger partial charge is 0.370 e. The lowest BCUT2D eigenvalue weighted by Crippen LogP contribution is -2.44. The molecule has 2 amide bonds. The average molecular weight is 269 g/mol. The summed E-state index contributed by atoms with van der Waals surface area (Å²) in [5.41, 5.74) is 10.6. The molecule has 2 unspecified atom stereocenters. The van der Waals surface area contributed by atoms with Gasteiger partial charge in [-0.05, 0) is 17.9 Å². The lowest BCUT2D eigenvalue weighted by atomic mass is 10.1. The molecular formula is C12H19N3O2S. The van der Waals surface area contributed by atoms with Crippen LogP contribution in [0.5, 0.6) is 0 Å². The van der Waals surface area contributed by atoms with Crippen LogP contribution in [0.4, 0.5) is 0 Å². The van der Waals surface area contributed by atoms with Crippen molar-refractivity contribution in [2.75, 3.05) is 0 Å². The summed E-state index contributed by atoms with van der Waals surface area (Å²) < 4.78 is 0. The van der Waals surface area contributed by atoms with Gasteiger partial charge in [0.1, 0.15) is 0 Å². The zero-order chi connectivity index (χ0) is 13.5. The predicted octanol–water partition coefficient (Wildman–Crippen LogP) is 0.908. The Bertz CT molecular complexity index is 392. The van der Waals surface area contributed by atoms with E-state index < -0.39 is 11.9 Å². The molecule has 18 heavy (non-hydrogen) atoms. The first-order valence-electron chi connectivity index (χ1n) is 5.92. The second-order valence-corrected chi connectivity index (χ2v) is 5.12. The molecule has 0 aromatic carbocycles. The molecule has 5 nitrogen and oxygen atoms in total. The van der Waals surface area contributed by atoms with E-state index in [1.54, 1.807) is 11.3 Å². The number of carbonyl (C=O) groups is 2. The van der Waals surface area contributed by atoms with Gasteiger partial charge in [-0.15, -0.1) is 11.3 Å². The van der Waals surface area contributed by atoms with Crippen molar-refractivity contribution in [3.63, 3.8) is 0 Å². The van der Waals surface area contributed by atoms with Gasteiger partial charge < -0.3 is 16.8 Å². The molecule has 0 aliphatic heterocycles. The van der Waals surface area contributed by atoms with Gasteiger partial charge in [0.15, 0.2) is 0 Å². The number of carbonyl (C=O) groups excluding carboxylic acids is 2. The van der Waals surface area contributed by atoms with Crippen molar-refractivity contribution in [2.24, 2.45) is 11.5 Å². The van der Waals surface area contributed by atoms with Crippen LogP contribution in [-0.2, 0) is 9.59 Å². The van der Waals surface area contributed by atoms with Crippen LogP contribution in [0, 0.1) is 0 Å². The standard InChI is InChI=1S/C12H19N3O2S/c1-2-4-9(10-5-3-6-18-10)15-12(17)8(13)7-11(14)16/h3,5-6,8-9H,2,4,7,13H2,1H3,(H2,14,16)(H,15,17). The molecule has 0 aliphatic carbocycles. The molecule has 0 spiro atoms. The fraction of sp³-hybridized carbons (Fsp3) is 0.500. The Morgan fingerprint density at radius 2 is 2.22 bits per heavy atom. The molecule has 2 atom stereocenters.